The predicted molar refractivity (Wildman–Crippen MR) is 139 cm³/mol. The molecule has 0 saturated heterocycles. The fourth-order valence-corrected chi connectivity index (χ4v) is 3.67. The molecule has 0 aliphatic rings. The summed E-state index contributed by atoms with van der Waals surface area (Å²) in [6.07, 6.45) is 4.29. The molecule has 184 valence electrons. The Morgan fingerprint density at radius 2 is 1.42 bits per heavy atom. The molecule has 1 heterocycles. The lowest BCUT2D eigenvalue weighted by atomic mass is 10.1. The monoisotopic (exact) mass is 485 g/mol. The molecule has 36 heavy (non-hydrogen) atoms. The van der Waals surface area contributed by atoms with E-state index in [0.717, 1.165) is 16.7 Å². The van der Waals surface area contributed by atoms with E-state index in [1.165, 1.54) is 0 Å². The van der Waals surface area contributed by atoms with Gasteiger partial charge in [0, 0.05) is 29.8 Å². The topological polar surface area (TPSA) is 90.2 Å². The van der Waals surface area contributed by atoms with Crippen molar-refractivity contribution < 1.29 is 28.5 Å². The molecule has 1 amide bonds. The molecule has 0 aliphatic heterocycles. The van der Waals surface area contributed by atoms with Crippen LogP contribution in [0.3, 0.4) is 0 Å². The van der Waals surface area contributed by atoms with E-state index in [1.807, 2.05) is 48.6 Å². The molecular weight excluding hydrogens is 458 g/mol. The lowest BCUT2D eigenvalue weighted by Crippen LogP contribution is -2.10. The number of carbonyl (C=O) groups excluding carboxylic acids is 1. The molecule has 2 N–H and O–H groups in total. The second-order valence-corrected chi connectivity index (χ2v) is 7.95. The third-order valence-corrected chi connectivity index (χ3v) is 5.58. The molecule has 4 rings (SSSR count). The number of amides is 1. The summed E-state index contributed by atoms with van der Waals surface area (Å²) in [5.74, 6) is 2.51. The van der Waals surface area contributed by atoms with Gasteiger partial charge in [0.25, 0.3) is 5.91 Å². The smallest absolute Gasteiger partial charge is 0.291 e. The van der Waals surface area contributed by atoms with Crippen molar-refractivity contribution in [2.24, 2.45) is 0 Å². The Morgan fingerprint density at radius 1 is 0.833 bits per heavy atom. The normalized spacial score (nSPS) is 10.9. The number of furan rings is 1. The fraction of sp³-hybridized carbons (Fsp3) is 0.138. The van der Waals surface area contributed by atoms with Crippen molar-refractivity contribution in [1.29, 1.82) is 0 Å². The van der Waals surface area contributed by atoms with Gasteiger partial charge in [-0.1, -0.05) is 36.4 Å². The van der Waals surface area contributed by atoms with Gasteiger partial charge in [0.2, 0.25) is 0 Å². The van der Waals surface area contributed by atoms with Gasteiger partial charge in [-0.15, -0.1) is 0 Å². The van der Waals surface area contributed by atoms with Gasteiger partial charge in [-0.3, -0.25) is 4.79 Å². The van der Waals surface area contributed by atoms with Gasteiger partial charge in [0.05, 0.1) is 21.3 Å². The zero-order valence-corrected chi connectivity index (χ0v) is 20.3. The molecule has 7 nitrogen and oxygen atoms in total. The minimum Gasteiger partial charge on any atom is -0.508 e. The summed E-state index contributed by atoms with van der Waals surface area (Å²) in [4.78, 5) is 12.7. The van der Waals surface area contributed by atoms with Gasteiger partial charge >= 0.3 is 0 Å². The Labute approximate surface area is 209 Å². The third kappa shape index (κ3) is 5.88. The average Bonchev–Trinajstić information content (AvgIpc) is 3.38. The standard InChI is InChI=1S/C29H27NO6/c1-33-24-17-27(34-2)25(28(18-24)35-3)16-23-14-15-26(36-23)29(32)30-21-10-6-19(7-11-21)4-5-20-8-12-22(31)13-9-20/h4-15,17-18,31H,16H2,1-3H3,(H,30,32)/b5-4+. The summed E-state index contributed by atoms with van der Waals surface area (Å²) < 4.78 is 22.1. The van der Waals surface area contributed by atoms with E-state index in [-0.39, 0.29) is 17.4 Å². The van der Waals surface area contributed by atoms with Crippen molar-refractivity contribution in [1.82, 2.24) is 0 Å². The maximum atomic E-state index is 12.7. The first-order valence-electron chi connectivity index (χ1n) is 11.2. The number of anilines is 1. The SMILES string of the molecule is COc1cc(OC)c(Cc2ccc(C(=O)Nc3ccc(/C=C/c4ccc(O)cc4)cc3)o2)c(OC)c1. The third-order valence-electron chi connectivity index (χ3n) is 5.58. The fourth-order valence-electron chi connectivity index (χ4n) is 3.67. The molecule has 1 aromatic heterocycles. The van der Waals surface area contributed by atoms with Crippen LogP contribution in [0.1, 0.15) is 33.0 Å². The maximum Gasteiger partial charge on any atom is 0.291 e. The number of aromatic hydroxyl groups is 1. The number of rotatable bonds is 9. The molecule has 3 aromatic carbocycles. The van der Waals surface area contributed by atoms with Crippen molar-refractivity contribution in [2.75, 3.05) is 26.6 Å². The maximum absolute atomic E-state index is 12.7. The van der Waals surface area contributed by atoms with E-state index in [9.17, 15) is 9.90 Å². The van der Waals surface area contributed by atoms with Crippen molar-refractivity contribution >= 4 is 23.7 Å². The van der Waals surface area contributed by atoms with Crippen LogP contribution in [0.15, 0.2) is 77.2 Å². The van der Waals surface area contributed by atoms with Crippen LogP contribution in [0, 0.1) is 0 Å². The van der Waals surface area contributed by atoms with Gasteiger partial charge in [-0.25, -0.2) is 0 Å². The Balaban J connectivity index is 1.41. The summed E-state index contributed by atoms with van der Waals surface area (Å²) in [6, 6.07) is 21.4. The Kier molecular flexibility index (Phi) is 7.60. The van der Waals surface area contributed by atoms with Crippen LogP contribution in [-0.2, 0) is 6.42 Å². The predicted octanol–water partition coefficient (Wildman–Crippen LogP) is 6.02. The summed E-state index contributed by atoms with van der Waals surface area (Å²) in [5.41, 5.74) is 3.39. The highest BCUT2D eigenvalue weighted by molar-refractivity contribution is 6.02. The molecule has 7 heteroatoms. The minimum absolute atomic E-state index is 0.202. The van der Waals surface area contributed by atoms with Crippen LogP contribution in [0.4, 0.5) is 5.69 Å². The summed E-state index contributed by atoms with van der Waals surface area (Å²) >= 11 is 0. The largest absolute Gasteiger partial charge is 0.508 e. The quantitative estimate of drug-likeness (QED) is 0.282. The number of hydrogen-bond acceptors (Lipinski definition) is 6. The molecule has 0 radical (unpaired) electrons. The van der Waals surface area contributed by atoms with Gasteiger partial charge < -0.3 is 29.1 Å². The van der Waals surface area contributed by atoms with Gasteiger partial charge in [0.15, 0.2) is 5.76 Å². The second kappa shape index (κ2) is 11.2. The van der Waals surface area contributed by atoms with Crippen LogP contribution in [-0.4, -0.2) is 32.3 Å². The van der Waals surface area contributed by atoms with Crippen molar-refractivity contribution in [3.63, 3.8) is 0 Å². The van der Waals surface area contributed by atoms with E-state index in [0.29, 0.717) is 35.1 Å². The molecule has 4 aromatic rings. The highest BCUT2D eigenvalue weighted by Crippen LogP contribution is 2.36. The molecular formula is C29H27NO6. The van der Waals surface area contributed by atoms with Crippen LogP contribution in [0.5, 0.6) is 23.0 Å². The Morgan fingerprint density at radius 3 is 1.97 bits per heavy atom. The van der Waals surface area contributed by atoms with Crippen molar-refractivity contribution in [3.05, 3.63) is 101 Å². The van der Waals surface area contributed by atoms with Crippen LogP contribution < -0.4 is 19.5 Å². The number of benzene rings is 3. The lowest BCUT2D eigenvalue weighted by molar-refractivity contribution is 0.0995. The van der Waals surface area contributed by atoms with E-state index in [1.54, 1.807) is 57.7 Å². The van der Waals surface area contributed by atoms with Gasteiger partial charge in [-0.2, -0.15) is 0 Å². The zero-order chi connectivity index (χ0) is 25.5. The Bertz CT molecular complexity index is 1330. The van der Waals surface area contributed by atoms with Gasteiger partial charge in [0.1, 0.15) is 28.8 Å². The Hall–Kier alpha value is -4.65. The molecule has 0 bridgehead atoms. The van der Waals surface area contributed by atoms with E-state index < -0.39 is 0 Å². The number of phenols is 1. The molecule has 0 fully saturated rings. The number of methoxy groups -OCH3 is 3. The number of carbonyl (C=O) groups is 1. The molecule has 0 aliphatic carbocycles. The lowest BCUT2D eigenvalue weighted by Gasteiger charge is -2.14. The zero-order valence-electron chi connectivity index (χ0n) is 20.3. The van der Waals surface area contributed by atoms with Crippen molar-refractivity contribution in [2.45, 2.75) is 6.42 Å². The first-order valence-corrected chi connectivity index (χ1v) is 11.2. The molecule has 0 unspecified atom stereocenters. The highest BCUT2D eigenvalue weighted by atomic mass is 16.5. The van der Waals surface area contributed by atoms with Crippen LogP contribution in [0.25, 0.3) is 12.2 Å². The summed E-state index contributed by atoms with van der Waals surface area (Å²) in [6.45, 7) is 0. The first-order chi connectivity index (χ1) is 17.5. The minimum atomic E-state index is -0.345. The molecule has 0 atom stereocenters. The summed E-state index contributed by atoms with van der Waals surface area (Å²) in [7, 11) is 4.73. The van der Waals surface area contributed by atoms with Crippen LogP contribution >= 0.6 is 0 Å². The highest BCUT2D eigenvalue weighted by Gasteiger charge is 2.17. The van der Waals surface area contributed by atoms with E-state index in [2.05, 4.69) is 5.32 Å². The summed E-state index contributed by atoms with van der Waals surface area (Å²) in [5, 5.41) is 12.2. The number of hydrogen-bond donors (Lipinski definition) is 2. The number of phenolic OH excluding ortho intramolecular Hbond substituents is 1. The second-order valence-electron chi connectivity index (χ2n) is 7.95. The van der Waals surface area contributed by atoms with Gasteiger partial charge in [-0.05, 0) is 47.5 Å². The number of nitrogens with one attached hydrogen (secondary N) is 1. The number of ether oxygens (including phenoxy) is 3. The van der Waals surface area contributed by atoms with E-state index in [4.69, 9.17) is 18.6 Å². The van der Waals surface area contributed by atoms with E-state index >= 15 is 0 Å². The van der Waals surface area contributed by atoms with Crippen molar-refractivity contribution in [3.8, 4) is 23.0 Å². The van der Waals surface area contributed by atoms with Crippen LogP contribution in [0.2, 0.25) is 0 Å². The molecule has 0 saturated carbocycles. The first kappa shape index (κ1) is 24.5. The molecule has 0 spiro atoms. The average molecular weight is 486 g/mol.